The number of ether oxygens (including phenoxy) is 2. The maximum atomic E-state index is 14.5. The fourth-order valence-electron chi connectivity index (χ4n) is 4.90. The highest BCUT2D eigenvalue weighted by Gasteiger charge is 2.27. The molecule has 206 valence electrons. The molecule has 2 fully saturated rings. The molecule has 0 saturated carbocycles. The van der Waals surface area contributed by atoms with E-state index in [1.807, 2.05) is 10.6 Å². The van der Waals surface area contributed by atoms with Gasteiger partial charge in [0.25, 0.3) is 5.88 Å². The van der Waals surface area contributed by atoms with Crippen LogP contribution in [-0.2, 0) is 24.2 Å². The number of nitrogens with zero attached hydrogens (tertiary/aromatic N) is 8. The Morgan fingerprint density at radius 1 is 1.10 bits per heavy atom. The molecule has 10 nitrogen and oxygen atoms in total. The SMILES string of the molecule is N#Cc1cc2nc(CN3CCC(Oc4nc(Cc5ccc(Cl)cc5F)ncc4F)CC3)n(CC3CCO3)c2nn1. The first-order chi connectivity index (χ1) is 19.4. The van der Waals surface area contributed by atoms with E-state index in [0.717, 1.165) is 25.0 Å². The van der Waals surface area contributed by atoms with Gasteiger partial charge in [0.1, 0.15) is 35.2 Å². The molecule has 1 aromatic carbocycles. The lowest BCUT2D eigenvalue weighted by Crippen LogP contribution is -2.39. The molecule has 3 aromatic heterocycles. The number of piperidine rings is 1. The van der Waals surface area contributed by atoms with Gasteiger partial charge < -0.3 is 14.0 Å². The average molecular weight is 567 g/mol. The first-order valence-electron chi connectivity index (χ1n) is 13.0. The molecule has 2 saturated heterocycles. The Bertz CT molecular complexity index is 1580. The molecule has 2 aliphatic rings. The minimum atomic E-state index is -0.660. The van der Waals surface area contributed by atoms with Crippen molar-refractivity contribution in [3.63, 3.8) is 0 Å². The van der Waals surface area contributed by atoms with Gasteiger partial charge in [0.05, 0.1) is 25.4 Å². The van der Waals surface area contributed by atoms with Crippen LogP contribution < -0.4 is 4.74 Å². The summed E-state index contributed by atoms with van der Waals surface area (Å²) >= 11 is 5.83. The van der Waals surface area contributed by atoms with Crippen molar-refractivity contribution in [2.24, 2.45) is 0 Å². The minimum absolute atomic E-state index is 0.0885. The van der Waals surface area contributed by atoms with Crippen molar-refractivity contribution in [1.82, 2.24) is 34.6 Å². The average Bonchev–Trinajstić information content (AvgIpc) is 3.26. The summed E-state index contributed by atoms with van der Waals surface area (Å²) in [6, 6.07) is 8.03. The number of hydrogen-bond donors (Lipinski definition) is 0. The van der Waals surface area contributed by atoms with Crippen molar-refractivity contribution in [2.45, 2.75) is 51.0 Å². The smallest absolute Gasteiger partial charge is 0.254 e. The molecule has 2 aliphatic heterocycles. The third-order valence-corrected chi connectivity index (χ3v) is 7.40. The normalized spacial score (nSPS) is 18.0. The largest absolute Gasteiger partial charge is 0.472 e. The van der Waals surface area contributed by atoms with Gasteiger partial charge in [-0.1, -0.05) is 17.7 Å². The molecule has 0 radical (unpaired) electrons. The van der Waals surface area contributed by atoms with Crippen LogP contribution in [0.25, 0.3) is 11.2 Å². The van der Waals surface area contributed by atoms with Gasteiger partial charge in [-0.15, -0.1) is 10.2 Å². The summed E-state index contributed by atoms with van der Waals surface area (Å²) in [7, 11) is 0. The van der Waals surface area contributed by atoms with E-state index in [2.05, 4.69) is 25.1 Å². The van der Waals surface area contributed by atoms with Gasteiger partial charge in [0.2, 0.25) is 5.82 Å². The zero-order valence-electron chi connectivity index (χ0n) is 21.4. The van der Waals surface area contributed by atoms with E-state index in [9.17, 15) is 14.0 Å². The third kappa shape index (κ3) is 5.72. The molecular weight excluding hydrogens is 542 g/mol. The summed E-state index contributed by atoms with van der Waals surface area (Å²) < 4.78 is 42.3. The minimum Gasteiger partial charge on any atom is -0.472 e. The van der Waals surface area contributed by atoms with E-state index < -0.39 is 11.6 Å². The predicted molar refractivity (Wildman–Crippen MR) is 140 cm³/mol. The second-order valence-electron chi connectivity index (χ2n) is 9.92. The molecule has 1 unspecified atom stereocenters. The zero-order valence-corrected chi connectivity index (χ0v) is 22.2. The van der Waals surface area contributed by atoms with E-state index in [-0.39, 0.29) is 36.0 Å². The highest BCUT2D eigenvalue weighted by Crippen LogP contribution is 2.25. The van der Waals surface area contributed by atoms with Gasteiger partial charge in [-0.3, -0.25) is 4.90 Å². The first-order valence-corrected chi connectivity index (χ1v) is 13.4. The Hall–Kier alpha value is -3.79. The maximum Gasteiger partial charge on any atom is 0.254 e. The second-order valence-corrected chi connectivity index (χ2v) is 10.4. The standard InChI is InChI=1S/C27H25ClF2N8O2/c28-17-2-1-16(21(29)10-17)9-24-32-13-22(30)27(34-24)40-19-3-6-37(7-4-19)15-25-33-23-11-18(12-31)35-36-26(23)38(25)14-20-5-8-39-20/h1-2,10-11,13,19-20H,3-9,14-15H2. The van der Waals surface area contributed by atoms with Crippen molar-refractivity contribution in [3.05, 3.63) is 70.0 Å². The van der Waals surface area contributed by atoms with Crippen LogP contribution in [0.3, 0.4) is 0 Å². The molecule has 4 aromatic rings. The van der Waals surface area contributed by atoms with Crippen LogP contribution in [0.5, 0.6) is 5.88 Å². The topological polar surface area (TPSA) is 115 Å². The molecular formula is C27H25ClF2N8O2. The van der Waals surface area contributed by atoms with E-state index in [1.165, 1.54) is 6.07 Å². The van der Waals surface area contributed by atoms with Gasteiger partial charge in [0, 0.05) is 37.2 Å². The molecule has 0 aliphatic carbocycles. The van der Waals surface area contributed by atoms with E-state index in [1.54, 1.807) is 18.2 Å². The lowest BCUT2D eigenvalue weighted by molar-refractivity contribution is -0.0593. The van der Waals surface area contributed by atoms with Crippen LogP contribution >= 0.6 is 11.6 Å². The van der Waals surface area contributed by atoms with Crippen LogP contribution in [0, 0.1) is 23.0 Å². The van der Waals surface area contributed by atoms with Gasteiger partial charge in [-0.05, 0) is 37.0 Å². The highest BCUT2D eigenvalue weighted by molar-refractivity contribution is 6.30. The summed E-state index contributed by atoms with van der Waals surface area (Å²) in [5.41, 5.74) is 1.85. The number of halogens is 3. The summed E-state index contributed by atoms with van der Waals surface area (Å²) in [5.74, 6) is -0.177. The number of likely N-dealkylation sites (tertiary alicyclic amines) is 1. The fourth-order valence-corrected chi connectivity index (χ4v) is 5.06. The number of fused-ring (bicyclic) bond motifs is 1. The Balaban J connectivity index is 1.10. The van der Waals surface area contributed by atoms with Crippen molar-refractivity contribution in [3.8, 4) is 11.9 Å². The highest BCUT2D eigenvalue weighted by atomic mass is 35.5. The number of benzene rings is 1. The van der Waals surface area contributed by atoms with Gasteiger partial charge >= 0.3 is 0 Å². The van der Waals surface area contributed by atoms with Crippen LogP contribution in [0.1, 0.15) is 42.2 Å². The zero-order chi connectivity index (χ0) is 27.6. The molecule has 0 bridgehead atoms. The lowest BCUT2D eigenvalue weighted by Gasteiger charge is -2.32. The van der Waals surface area contributed by atoms with Gasteiger partial charge in [-0.2, -0.15) is 14.6 Å². The maximum absolute atomic E-state index is 14.5. The summed E-state index contributed by atoms with van der Waals surface area (Å²) in [5, 5.41) is 17.7. The molecule has 6 rings (SSSR count). The Morgan fingerprint density at radius 2 is 1.93 bits per heavy atom. The van der Waals surface area contributed by atoms with Crippen molar-refractivity contribution in [1.29, 1.82) is 5.26 Å². The lowest BCUT2D eigenvalue weighted by atomic mass is 10.1. The molecule has 0 N–H and O–H groups in total. The molecule has 13 heteroatoms. The summed E-state index contributed by atoms with van der Waals surface area (Å²) in [6.45, 7) is 3.37. The summed E-state index contributed by atoms with van der Waals surface area (Å²) in [6.07, 6.45) is 3.32. The number of nitriles is 1. The molecule has 0 amide bonds. The monoisotopic (exact) mass is 566 g/mol. The molecule has 0 spiro atoms. The Kier molecular flexibility index (Phi) is 7.51. The second kappa shape index (κ2) is 11.4. The van der Waals surface area contributed by atoms with Crippen molar-refractivity contribution >= 4 is 22.8 Å². The number of aromatic nitrogens is 6. The fraction of sp³-hybridized carbons (Fsp3) is 0.407. The van der Waals surface area contributed by atoms with E-state index in [4.69, 9.17) is 26.1 Å². The van der Waals surface area contributed by atoms with E-state index in [0.29, 0.717) is 60.8 Å². The quantitative estimate of drug-likeness (QED) is 0.314. The number of imidazole rings is 1. The number of hydrogen-bond acceptors (Lipinski definition) is 9. The van der Waals surface area contributed by atoms with Gasteiger partial charge in [0.15, 0.2) is 11.3 Å². The van der Waals surface area contributed by atoms with Crippen LogP contribution in [0.4, 0.5) is 8.78 Å². The molecule has 5 heterocycles. The van der Waals surface area contributed by atoms with Gasteiger partial charge in [-0.25, -0.2) is 14.4 Å². The first kappa shape index (κ1) is 26.4. The third-order valence-electron chi connectivity index (χ3n) is 7.17. The van der Waals surface area contributed by atoms with Crippen LogP contribution in [0.15, 0.2) is 30.5 Å². The molecule has 40 heavy (non-hydrogen) atoms. The van der Waals surface area contributed by atoms with Crippen molar-refractivity contribution in [2.75, 3.05) is 19.7 Å². The van der Waals surface area contributed by atoms with Crippen LogP contribution in [0.2, 0.25) is 5.02 Å². The molecule has 1 atom stereocenters. The van der Waals surface area contributed by atoms with Crippen LogP contribution in [-0.4, -0.2) is 66.5 Å². The Labute approximate surface area is 233 Å². The van der Waals surface area contributed by atoms with Crippen molar-refractivity contribution < 1.29 is 18.3 Å². The number of rotatable bonds is 8. The van der Waals surface area contributed by atoms with E-state index >= 15 is 0 Å². The Morgan fingerprint density at radius 3 is 2.65 bits per heavy atom. The predicted octanol–water partition coefficient (Wildman–Crippen LogP) is 3.84. The summed E-state index contributed by atoms with van der Waals surface area (Å²) in [4.78, 5) is 15.2.